The van der Waals surface area contributed by atoms with Gasteiger partial charge in [-0.2, -0.15) is 5.10 Å². The molecule has 20 heavy (non-hydrogen) atoms. The van der Waals surface area contributed by atoms with Crippen LogP contribution in [0.4, 0.5) is 4.79 Å². The van der Waals surface area contributed by atoms with Gasteiger partial charge in [-0.05, 0) is 38.4 Å². The zero-order chi connectivity index (χ0) is 14.4. The molecule has 2 amide bonds. The van der Waals surface area contributed by atoms with E-state index >= 15 is 0 Å². The monoisotopic (exact) mass is 279 g/mol. The summed E-state index contributed by atoms with van der Waals surface area (Å²) in [6.07, 6.45) is 4.82. The standard InChI is InChI=1S/C14H25N5O/c1-3-18-8-5-13(11-18)9-15-14(20)17-12(2)10-19-7-4-6-16-19/h4,6-7,12-13H,3,5,8-11H2,1-2H3,(H2,15,17,20)/t12-,13+/m1/s1. The number of hydrogen-bond acceptors (Lipinski definition) is 3. The second-order valence-corrected chi connectivity index (χ2v) is 5.53. The van der Waals surface area contributed by atoms with Crippen molar-refractivity contribution in [2.75, 3.05) is 26.2 Å². The highest BCUT2D eigenvalue weighted by Gasteiger charge is 2.21. The number of rotatable bonds is 6. The second kappa shape index (κ2) is 7.28. The Morgan fingerprint density at radius 1 is 1.55 bits per heavy atom. The third-order valence-electron chi connectivity index (χ3n) is 3.77. The predicted molar refractivity (Wildman–Crippen MR) is 78.4 cm³/mol. The zero-order valence-corrected chi connectivity index (χ0v) is 12.4. The van der Waals surface area contributed by atoms with Gasteiger partial charge in [-0.1, -0.05) is 6.92 Å². The van der Waals surface area contributed by atoms with Crippen molar-refractivity contribution in [3.8, 4) is 0 Å². The smallest absolute Gasteiger partial charge is 0.315 e. The lowest BCUT2D eigenvalue weighted by Gasteiger charge is -2.17. The van der Waals surface area contributed by atoms with Crippen LogP contribution in [0.15, 0.2) is 18.5 Å². The molecule has 1 aliphatic rings. The van der Waals surface area contributed by atoms with Crippen molar-refractivity contribution in [2.45, 2.75) is 32.9 Å². The number of hydrogen-bond donors (Lipinski definition) is 2. The topological polar surface area (TPSA) is 62.2 Å². The second-order valence-electron chi connectivity index (χ2n) is 5.53. The molecule has 112 valence electrons. The number of nitrogens with zero attached hydrogens (tertiary/aromatic N) is 3. The van der Waals surface area contributed by atoms with Gasteiger partial charge < -0.3 is 15.5 Å². The highest BCUT2D eigenvalue weighted by atomic mass is 16.2. The number of carbonyl (C=O) groups is 1. The summed E-state index contributed by atoms with van der Waals surface area (Å²) in [5, 5.41) is 10.0. The fourth-order valence-corrected chi connectivity index (χ4v) is 2.61. The van der Waals surface area contributed by atoms with Crippen LogP contribution in [-0.4, -0.2) is 52.9 Å². The van der Waals surface area contributed by atoms with Gasteiger partial charge in [-0.3, -0.25) is 4.68 Å². The molecule has 0 aliphatic carbocycles. The van der Waals surface area contributed by atoms with Gasteiger partial charge in [0.05, 0.1) is 6.54 Å². The Morgan fingerprint density at radius 3 is 3.05 bits per heavy atom. The van der Waals surface area contributed by atoms with Crippen LogP contribution >= 0.6 is 0 Å². The summed E-state index contributed by atoms with van der Waals surface area (Å²) >= 11 is 0. The Hall–Kier alpha value is -1.56. The van der Waals surface area contributed by atoms with Crippen LogP contribution in [0.1, 0.15) is 20.3 Å². The minimum Gasteiger partial charge on any atom is -0.338 e. The van der Waals surface area contributed by atoms with Gasteiger partial charge in [-0.15, -0.1) is 0 Å². The quantitative estimate of drug-likeness (QED) is 0.814. The van der Waals surface area contributed by atoms with Gasteiger partial charge in [0.25, 0.3) is 0 Å². The van der Waals surface area contributed by atoms with Crippen LogP contribution in [0, 0.1) is 5.92 Å². The maximum absolute atomic E-state index is 11.8. The molecule has 0 unspecified atom stereocenters. The van der Waals surface area contributed by atoms with E-state index < -0.39 is 0 Å². The third-order valence-corrected chi connectivity index (χ3v) is 3.77. The van der Waals surface area contributed by atoms with Crippen LogP contribution in [0.25, 0.3) is 0 Å². The average molecular weight is 279 g/mol. The summed E-state index contributed by atoms with van der Waals surface area (Å²) in [5.41, 5.74) is 0. The first-order chi connectivity index (χ1) is 9.67. The van der Waals surface area contributed by atoms with Gasteiger partial charge in [0.2, 0.25) is 0 Å². The normalized spacial score (nSPS) is 20.8. The number of likely N-dealkylation sites (tertiary alicyclic amines) is 1. The summed E-state index contributed by atoms with van der Waals surface area (Å²) < 4.78 is 1.82. The van der Waals surface area contributed by atoms with Gasteiger partial charge in [-0.25, -0.2) is 4.79 Å². The molecule has 1 saturated heterocycles. The van der Waals surface area contributed by atoms with E-state index in [0.29, 0.717) is 12.5 Å². The third kappa shape index (κ3) is 4.52. The maximum Gasteiger partial charge on any atom is 0.315 e. The van der Waals surface area contributed by atoms with Crippen molar-refractivity contribution in [2.24, 2.45) is 5.92 Å². The molecule has 0 aromatic carbocycles. The van der Waals surface area contributed by atoms with E-state index in [0.717, 1.165) is 26.2 Å². The van der Waals surface area contributed by atoms with Gasteiger partial charge in [0, 0.05) is 31.5 Å². The number of urea groups is 1. The molecule has 6 nitrogen and oxygen atoms in total. The highest BCUT2D eigenvalue weighted by Crippen LogP contribution is 2.14. The largest absolute Gasteiger partial charge is 0.338 e. The molecular weight excluding hydrogens is 254 g/mol. The summed E-state index contributed by atoms with van der Waals surface area (Å²) in [5.74, 6) is 0.585. The van der Waals surface area contributed by atoms with Gasteiger partial charge in [0.15, 0.2) is 0 Å². The molecule has 2 rings (SSSR count). The van der Waals surface area contributed by atoms with Crippen molar-refractivity contribution >= 4 is 6.03 Å². The van der Waals surface area contributed by atoms with Crippen molar-refractivity contribution in [3.05, 3.63) is 18.5 Å². The first kappa shape index (κ1) is 14.8. The van der Waals surface area contributed by atoms with E-state index in [9.17, 15) is 4.79 Å². The van der Waals surface area contributed by atoms with Crippen LogP contribution in [0.2, 0.25) is 0 Å². The fraction of sp³-hybridized carbons (Fsp3) is 0.714. The molecule has 1 aliphatic heterocycles. The average Bonchev–Trinajstić information content (AvgIpc) is 3.07. The van der Waals surface area contributed by atoms with Crippen molar-refractivity contribution in [1.82, 2.24) is 25.3 Å². The summed E-state index contributed by atoms with van der Waals surface area (Å²) in [6.45, 7) is 8.96. The lowest BCUT2D eigenvalue weighted by Crippen LogP contribution is -2.44. The summed E-state index contributed by atoms with van der Waals surface area (Å²) in [4.78, 5) is 14.2. The maximum atomic E-state index is 11.8. The van der Waals surface area contributed by atoms with Crippen LogP contribution in [-0.2, 0) is 6.54 Å². The minimum absolute atomic E-state index is 0.0608. The van der Waals surface area contributed by atoms with Crippen molar-refractivity contribution < 1.29 is 4.79 Å². The molecule has 2 heterocycles. The molecular formula is C14H25N5O. The molecule has 0 saturated carbocycles. The highest BCUT2D eigenvalue weighted by molar-refractivity contribution is 5.74. The number of aromatic nitrogens is 2. The number of nitrogens with one attached hydrogen (secondary N) is 2. The number of carbonyl (C=O) groups excluding carboxylic acids is 1. The van der Waals surface area contributed by atoms with Gasteiger partial charge >= 0.3 is 6.03 Å². The Morgan fingerprint density at radius 2 is 2.40 bits per heavy atom. The molecule has 0 bridgehead atoms. The van der Waals surface area contributed by atoms with E-state index in [1.165, 1.54) is 6.42 Å². The molecule has 6 heteroatoms. The minimum atomic E-state index is -0.0837. The molecule has 1 aromatic rings. The van der Waals surface area contributed by atoms with Crippen LogP contribution < -0.4 is 10.6 Å². The summed E-state index contributed by atoms with van der Waals surface area (Å²) in [7, 11) is 0. The first-order valence-electron chi connectivity index (χ1n) is 7.41. The molecule has 2 atom stereocenters. The number of amides is 2. The van der Waals surface area contributed by atoms with E-state index in [4.69, 9.17) is 0 Å². The lowest BCUT2D eigenvalue weighted by atomic mass is 10.1. The summed E-state index contributed by atoms with van der Waals surface area (Å²) in [6, 6.07) is 1.86. The Kier molecular flexibility index (Phi) is 5.40. The van der Waals surface area contributed by atoms with Crippen molar-refractivity contribution in [1.29, 1.82) is 0 Å². The molecule has 1 fully saturated rings. The van der Waals surface area contributed by atoms with E-state index in [2.05, 4.69) is 27.6 Å². The van der Waals surface area contributed by atoms with Crippen LogP contribution in [0.5, 0.6) is 0 Å². The SMILES string of the molecule is CCN1CC[C@@H](CNC(=O)N[C@H](C)Cn2cccn2)C1. The predicted octanol–water partition coefficient (Wildman–Crippen LogP) is 0.913. The fourth-order valence-electron chi connectivity index (χ4n) is 2.61. The Bertz CT molecular complexity index is 406. The van der Waals surface area contributed by atoms with E-state index in [-0.39, 0.29) is 12.1 Å². The van der Waals surface area contributed by atoms with Crippen molar-refractivity contribution in [3.63, 3.8) is 0 Å². The Labute approximate surface area is 120 Å². The molecule has 2 N–H and O–H groups in total. The van der Waals surface area contributed by atoms with Gasteiger partial charge in [0.1, 0.15) is 0 Å². The Balaban J connectivity index is 1.62. The zero-order valence-electron chi connectivity index (χ0n) is 12.4. The van der Waals surface area contributed by atoms with E-state index in [1.807, 2.05) is 23.9 Å². The molecule has 0 radical (unpaired) electrons. The van der Waals surface area contributed by atoms with E-state index in [1.54, 1.807) is 6.20 Å². The first-order valence-corrected chi connectivity index (χ1v) is 7.41. The molecule has 1 aromatic heterocycles. The lowest BCUT2D eigenvalue weighted by molar-refractivity contribution is 0.234. The molecule has 0 spiro atoms. The van der Waals surface area contributed by atoms with Crippen LogP contribution in [0.3, 0.4) is 0 Å².